The minimum Gasteiger partial charge on any atom is -0.296 e. The van der Waals surface area contributed by atoms with Gasteiger partial charge in [-0.15, -0.1) is 0 Å². The Balaban J connectivity index is 2.81. The second-order valence-electron chi connectivity index (χ2n) is 1.41. The monoisotopic (exact) mass is 174 g/mol. The Bertz CT molecular complexity index is 188. The first-order chi connectivity index (χ1) is 4.25. The van der Waals surface area contributed by atoms with Crippen LogP contribution in [0, 0.1) is 22.7 Å². The number of nitriles is 1. The van der Waals surface area contributed by atoms with Crippen LogP contribution in [0.5, 0.6) is 0 Å². The average Bonchev–Trinajstić information content (AvgIpc) is 2.12. The Morgan fingerprint density at radius 2 is 2.33 bits per heavy atom. The molecule has 1 N–H and O–H groups in total. The zero-order valence-electron chi connectivity index (χ0n) is 4.25. The summed E-state index contributed by atoms with van der Waals surface area (Å²) in [6.07, 6.45) is 0. The van der Waals surface area contributed by atoms with Crippen LogP contribution in [0.3, 0.4) is 0 Å². The molecular weight excluding hydrogens is 172 g/mol. The van der Waals surface area contributed by atoms with E-state index in [-0.39, 0.29) is 0 Å². The molecule has 0 radical (unpaired) electrons. The van der Waals surface area contributed by atoms with Gasteiger partial charge in [-0.25, -0.2) is 0 Å². The molecule has 0 aromatic heterocycles. The van der Waals surface area contributed by atoms with Gasteiger partial charge in [0.05, 0.1) is 15.3 Å². The summed E-state index contributed by atoms with van der Waals surface area (Å²) >= 11 is 4.80. The van der Waals surface area contributed by atoms with Gasteiger partial charge in [0.1, 0.15) is 5.92 Å². The molecule has 0 saturated carbocycles. The van der Waals surface area contributed by atoms with Crippen LogP contribution in [0.15, 0.2) is 0 Å². The molecule has 0 aliphatic carbocycles. The van der Waals surface area contributed by atoms with Crippen LogP contribution in [0.1, 0.15) is 0 Å². The SMILES string of the molecule is N#CC1C(=N)SSC1=S. The summed E-state index contributed by atoms with van der Waals surface area (Å²) in [5, 5.41) is 15.9. The number of rotatable bonds is 0. The lowest BCUT2D eigenvalue weighted by Crippen LogP contribution is -2.06. The smallest absolute Gasteiger partial charge is 0.136 e. The van der Waals surface area contributed by atoms with Crippen LogP contribution < -0.4 is 0 Å². The van der Waals surface area contributed by atoms with Gasteiger partial charge >= 0.3 is 0 Å². The second-order valence-corrected chi connectivity index (χ2v) is 4.32. The molecule has 0 aromatic carbocycles. The highest BCUT2D eigenvalue weighted by Gasteiger charge is 2.27. The van der Waals surface area contributed by atoms with Gasteiger partial charge in [-0.1, -0.05) is 12.2 Å². The fourth-order valence-electron chi connectivity index (χ4n) is 0.401. The largest absolute Gasteiger partial charge is 0.296 e. The summed E-state index contributed by atoms with van der Waals surface area (Å²) < 4.78 is 0.618. The van der Waals surface area contributed by atoms with E-state index in [2.05, 4.69) is 0 Å². The van der Waals surface area contributed by atoms with Gasteiger partial charge in [-0.2, -0.15) is 5.26 Å². The average molecular weight is 174 g/mol. The van der Waals surface area contributed by atoms with E-state index in [1.54, 1.807) is 0 Å². The normalized spacial score (nSPS) is 26.3. The molecule has 1 fully saturated rings. The first-order valence-corrected chi connectivity index (χ1v) is 4.68. The standard InChI is InChI=1S/C4H2N2S3/c5-1-2-3(6)8-9-4(2)7/h2,6H. The molecule has 1 atom stereocenters. The fraction of sp³-hybridized carbons (Fsp3) is 0.250. The Morgan fingerprint density at radius 3 is 2.56 bits per heavy atom. The maximum absolute atomic E-state index is 8.40. The van der Waals surface area contributed by atoms with Crippen LogP contribution in [-0.4, -0.2) is 9.24 Å². The highest BCUT2D eigenvalue weighted by Crippen LogP contribution is 2.38. The highest BCUT2D eigenvalue weighted by molar-refractivity contribution is 8.89. The minimum atomic E-state index is -0.421. The lowest BCUT2D eigenvalue weighted by Gasteiger charge is -1.90. The van der Waals surface area contributed by atoms with Crippen LogP contribution in [0.25, 0.3) is 0 Å². The molecule has 1 rings (SSSR count). The summed E-state index contributed by atoms with van der Waals surface area (Å²) in [4.78, 5) is 0. The maximum Gasteiger partial charge on any atom is 0.136 e. The number of nitrogens with one attached hydrogen (secondary N) is 1. The molecule has 0 amide bonds. The Kier molecular flexibility index (Phi) is 2.11. The third-order valence-corrected chi connectivity index (χ3v) is 3.87. The minimum absolute atomic E-state index is 0.368. The van der Waals surface area contributed by atoms with Gasteiger partial charge < -0.3 is 0 Å². The van der Waals surface area contributed by atoms with Crippen LogP contribution in [0.2, 0.25) is 0 Å². The molecule has 1 saturated heterocycles. The van der Waals surface area contributed by atoms with Gasteiger partial charge in [0, 0.05) is 0 Å². The maximum atomic E-state index is 8.40. The number of hydrogen-bond acceptors (Lipinski definition) is 5. The number of hydrogen-bond donors (Lipinski definition) is 1. The van der Waals surface area contributed by atoms with E-state index in [0.29, 0.717) is 9.24 Å². The second kappa shape index (κ2) is 2.69. The summed E-state index contributed by atoms with van der Waals surface area (Å²) in [6, 6.07) is 1.96. The van der Waals surface area contributed by atoms with Crippen molar-refractivity contribution in [3.05, 3.63) is 0 Å². The van der Waals surface area contributed by atoms with E-state index in [1.165, 1.54) is 21.6 Å². The third kappa shape index (κ3) is 1.26. The summed E-state index contributed by atoms with van der Waals surface area (Å²) in [7, 11) is 2.61. The van der Waals surface area contributed by atoms with E-state index < -0.39 is 5.92 Å². The fourth-order valence-corrected chi connectivity index (χ4v) is 2.83. The zero-order chi connectivity index (χ0) is 6.85. The van der Waals surface area contributed by atoms with Crippen molar-refractivity contribution in [2.24, 2.45) is 5.92 Å². The predicted molar refractivity (Wildman–Crippen MR) is 44.6 cm³/mol. The first-order valence-electron chi connectivity index (χ1n) is 2.12. The zero-order valence-corrected chi connectivity index (χ0v) is 6.70. The summed E-state index contributed by atoms with van der Waals surface area (Å²) in [5.74, 6) is -0.421. The van der Waals surface area contributed by atoms with Crippen LogP contribution in [0.4, 0.5) is 0 Å². The van der Waals surface area contributed by atoms with Crippen molar-refractivity contribution in [3.63, 3.8) is 0 Å². The number of thiocarbonyl (C=S) groups is 1. The molecule has 9 heavy (non-hydrogen) atoms. The lowest BCUT2D eigenvalue weighted by molar-refractivity contribution is 1.25. The number of nitrogens with zero attached hydrogens (tertiary/aromatic N) is 1. The first kappa shape index (κ1) is 7.06. The van der Waals surface area contributed by atoms with Crippen molar-refractivity contribution in [2.75, 3.05) is 0 Å². The van der Waals surface area contributed by atoms with Gasteiger partial charge in [-0.3, -0.25) is 5.41 Å². The van der Waals surface area contributed by atoms with Gasteiger partial charge in [-0.05, 0) is 21.6 Å². The lowest BCUT2D eigenvalue weighted by atomic mass is 10.2. The Morgan fingerprint density at radius 1 is 1.67 bits per heavy atom. The molecule has 0 bridgehead atoms. The molecule has 46 valence electrons. The van der Waals surface area contributed by atoms with E-state index in [9.17, 15) is 0 Å². The summed E-state index contributed by atoms with van der Waals surface area (Å²) in [5.41, 5.74) is 0. The van der Waals surface area contributed by atoms with Crippen molar-refractivity contribution >= 4 is 43.0 Å². The highest BCUT2D eigenvalue weighted by atomic mass is 33.1. The molecule has 1 heterocycles. The van der Waals surface area contributed by atoms with Crippen molar-refractivity contribution in [2.45, 2.75) is 0 Å². The molecule has 1 unspecified atom stereocenters. The van der Waals surface area contributed by atoms with Gasteiger partial charge in [0.2, 0.25) is 0 Å². The molecule has 1 aliphatic rings. The van der Waals surface area contributed by atoms with E-state index in [1.807, 2.05) is 6.07 Å². The molecule has 5 heteroatoms. The quantitative estimate of drug-likeness (QED) is 0.449. The van der Waals surface area contributed by atoms with Crippen LogP contribution >= 0.6 is 33.8 Å². The molecule has 1 aliphatic heterocycles. The van der Waals surface area contributed by atoms with E-state index in [4.69, 9.17) is 22.9 Å². The van der Waals surface area contributed by atoms with Crippen molar-refractivity contribution in [3.8, 4) is 6.07 Å². The van der Waals surface area contributed by atoms with E-state index in [0.717, 1.165) is 0 Å². The molecule has 0 aromatic rings. The predicted octanol–water partition coefficient (Wildman–Crippen LogP) is 1.83. The Hall–Kier alpha value is -0.0500. The topological polar surface area (TPSA) is 47.6 Å². The molecular formula is C4H2N2S3. The molecule has 0 spiro atoms. The van der Waals surface area contributed by atoms with Crippen molar-refractivity contribution in [1.82, 2.24) is 0 Å². The summed E-state index contributed by atoms with van der Waals surface area (Å²) in [6.45, 7) is 0. The van der Waals surface area contributed by atoms with Crippen molar-refractivity contribution in [1.29, 1.82) is 10.7 Å². The van der Waals surface area contributed by atoms with Crippen LogP contribution in [-0.2, 0) is 0 Å². The van der Waals surface area contributed by atoms with Gasteiger partial charge in [0.15, 0.2) is 0 Å². The van der Waals surface area contributed by atoms with Crippen molar-refractivity contribution < 1.29 is 0 Å². The Labute approximate surface area is 65.9 Å². The van der Waals surface area contributed by atoms with E-state index >= 15 is 0 Å². The third-order valence-electron chi connectivity index (χ3n) is 0.841. The van der Waals surface area contributed by atoms with Gasteiger partial charge in [0.25, 0.3) is 0 Å². The molecule has 2 nitrogen and oxygen atoms in total.